The topological polar surface area (TPSA) is 20.2 Å². The van der Waals surface area contributed by atoms with E-state index in [4.69, 9.17) is 11.6 Å². The molecule has 1 aromatic rings. The Hall–Kier alpha value is -0.120. The molecule has 17 heavy (non-hydrogen) atoms. The highest BCUT2D eigenvalue weighted by atomic mass is 79.9. The van der Waals surface area contributed by atoms with Gasteiger partial charge in [-0.25, -0.2) is 4.39 Å². The lowest BCUT2D eigenvalue weighted by Gasteiger charge is -2.29. The molecule has 0 amide bonds. The van der Waals surface area contributed by atoms with Gasteiger partial charge in [-0.05, 0) is 59.5 Å². The van der Waals surface area contributed by atoms with Crippen molar-refractivity contribution in [2.24, 2.45) is 11.8 Å². The molecule has 0 radical (unpaired) electrons. The molecule has 0 heterocycles. The standard InChI is InChI=1S/C13H13BrClFO/c14-10-6-5-9(12(16)11(10)15)13(17,7-1-2-7)8-3-4-8/h5-8,17H,1-4H2. The monoisotopic (exact) mass is 318 g/mol. The van der Waals surface area contributed by atoms with Crippen LogP contribution in [-0.2, 0) is 5.60 Å². The molecule has 0 bridgehead atoms. The molecule has 1 nitrogen and oxygen atoms in total. The second-order valence-corrected chi connectivity index (χ2v) is 6.33. The summed E-state index contributed by atoms with van der Waals surface area (Å²) in [6.45, 7) is 0. The van der Waals surface area contributed by atoms with Crippen molar-refractivity contribution in [2.75, 3.05) is 0 Å². The second kappa shape index (κ2) is 3.94. The fraction of sp³-hybridized carbons (Fsp3) is 0.538. The summed E-state index contributed by atoms with van der Waals surface area (Å²) in [5, 5.41) is 10.9. The van der Waals surface area contributed by atoms with Crippen LogP contribution in [0.1, 0.15) is 31.2 Å². The Balaban J connectivity index is 2.10. The van der Waals surface area contributed by atoms with E-state index in [2.05, 4.69) is 15.9 Å². The van der Waals surface area contributed by atoms with Gasteiger partial charge in [0.25, 0.3) is 0 Å². The Morgan fingerprint density at radius 1 is 1.24 bits per heavy atom. The lowest BCUT2D eigenvalue weighted by atomic mass is 9.84. The predicted molar refractivity (Wildman–Crippen MR) is 68.5 cm³/mol. The second-order valence-electron chi connectivity index (χ2n) is 5.10. The summed E-state index contributed by atoms with van der Waals surface area (Å²) in [5.74, 6) is -0.0502. The first-order chi connectivity index (χ1) is 8.05. The zero-order valence-corrected chi connectivity index (χ0v) is 11.6. The Kier molecular flexibility index (Phi) is 2.77. The molecule has 92 valence electrons. The molecule has 1 aromatic carbocycles. The third-order valence-electron chi connectivity index (χ3n) is 3.87. The maximum Gasteiger partial charge on any atom is 0.149 e. The molecular weight excluding hydrogens is 306 g/mol. The molecule has 0 aromatic heterocycles. The molecule has 2 fully saturated rings. The van der Waals surface area contributed by atoms with Crippen molar-refractivity contribution in [2.45, 2.75) is 31.3 Å². The molecule has 2 aliphatic carbocycles. The summed E-state index contributed by atoms with van der Waals surface area (Å²) in [7, 11) is 0. The predicted octanol–water partition coefficient (Wildman–Crippen LogP) is 4.25. The highest BCUT2D eigenvalue weighted by Crippen LogP contribution is 2.58. The summed E-state index contributed by atoms with van der Waals surface area (Å²) in [4.78, 5) is 0. The van der Waals surface area contributed by atoms with Crippen molar-refractivity contribution in [3.63, 3.8) is 0 Å². The van der Waals surface area contributed by atoms with Crippen LogP contribution in [0.25, 0.3) is 0 Å². The quantitative estimate of drug-likeness (QED) is 0.826. The highest BCUT2D eigenvalue weighted by molar-refractivity contribution is 9.10. The fourth-order valence-electron chi connectivity index (χ4n) is 2.66. The third-order valence-corrected chi connectivity index (χ3v) is 5.12. The zero-order valence-electron chi connectivity index (χ0n) is 9.22. The van der Waals surface area contributed by atoms with E-state index < -0.39 is 11.4 Å². The number of hydrogen-bond acceptors (Lipinski definition) is 1. The van der Waals surface area contributed by atoms with Crippen LogP contribution in [0, 0.1) is 17.7 Å². The van der Waals surface area contributed by atoms with Gasteiger partial charge < -0.3 is 5.11 Å². The number of halogens is 3. The maximum absolute atomic E-state index is 14.2. The molecule has 2 aliphatic rings. The molecule has 0 atom stereocenters. The van der Waals surface area contributed by atoms with E-state index in [1.807, 2.05) is 0 Å². The van der Waals surface area contributed by atoms with Gasteiger partial charge in [-0.1, -0.05) is 17.7 Å². The van der Waals surface area contributed by atoms with E-state index in [0.717, 1.165) is 25.7 Å². The first kappa shape index (κ1) is 11.9. The smallest absolute Gasteiger partial charge is 0.149 e. The van der Waals surface area contributed by atoms with Crippen molar-refractivity contribution >= 4 is 27.5 Å². The number of benzene rings is 1. The van der Waals surface area contributed by atoms with Gasteiger partial charge in [-0.3, -0.25) is 0 Å². The van der Waals surface area contributed by atoms with Crippen LogP contribution in [-0.4, -0.2) is 5.11 Å². The van der Waals surface area contributed by atoms with Gasteiger partial charge in [0, 0.05) is 10.0 Å². The van der Waals surface area contributed by atoms with Crippen LogP contribution in [0.15, 0.2) is 16.6 Å². The molecule has 0 spiro atoms. The van der Waals surface area contributed by atoms with Gasteiger partial charge in [0.2, 0.25) is 0 Å². The average Bonchev–Trinajstić information content (AvgIpc) is 3.18. The van der Waals surface area contributed by atoms with Gasteiger partial charge in [0.15, 0.2) is 0 Å². The minimum atomic E-state index is -0.992. The Morgan fingerprint density at radius 2 is 1.76 bits per heavy atom. The Bertz CT molecular complexity index is 457. The lowest BCUT2D eigenvalue weighted by Crippen LogP contribution is -2.32. The van der Waals surface area contributed by atoms with Crippen molar-refractivity contribution < 1.29 is 9.50 Å². The summed E-state index contributed by atoms with van der Waals surface area (Å²) >= 11 is 9.10. The molecule has 0 unspecified atom stereocenters. The van der Waals surface area contributed by atoms with Crippen LogP contribution in [0.2, 0.25) is 5.02 Å². The van der Waals surface area contributed by atoms with Crippen molar-refractivity contribution in [1.82, 2.24) is 0 Å². The summed E-state index contributed by atoms with van der Waals surface area (Å²) in [6.07, 6.45) is 3.94. The maximum atomic E-state index is 14.2. The largest absolute Gasteiger partial charge is 0.384 e. The van der Waals surface area contributed by atoms with E-state index >= 15 is 0 Å². The van der Waals surface area contributed by atoms with Crippen molar-refractivity contribution in [3.05, 3.63) is 33.0 Å². The minimum Gasteiger partial charge on any atom is -0.384 e. The molecule has 0 saturated heterocycles. The molecule has 0 aliphatic heterocycles. The van der Waals surface area contributed by atoms with Gasteiger partial charge in [0.05, 0.1) is 10.6 Å². The van der Waals surface area contributed by atoms with E-state index in [1.54, 1.807) is 12.1 Å². The van der Waals surface area contributed by atoms with Crippen LogP contribution >= 0.6 is 27.5 Å². The SMILES string of the molecule is OC(c1ccc(Br)c(Cl)c1F)(C1CC1)C1CC1. The van der Waals surface area contributed by atoms with Crippen molar-refractivity contribution in [3.8, 4) is 0 Å². The molecule has 2 saturated carbocycles. The van der Waals surface area contributed by atoms with E-state index in [0.29, 0.717) is 10.0 Å². The number of hydrogen-bond donors (Lipinski definition) is 1. The normalized spacial score (nSPS) is 20.7. The Morgan fingerprint density at radius 3 is 2.24 bits per heavy atom. The Labute approximate surface area is 113 Å². The molecule has 1 N–H and O–H groups in total. The highest BCUT2D eigenvalue weighted by Gasteiger charge is 2.55. The van der Waals surface area contributed by atoms with Crippen LogP contribution < -0.4 is 0 Å². The van der Waals surface area contributed by atoms with Crippen LogP contribution in [0.3, 0.4) is 0 Å². The lowest BCUT2D eigenvalue weighted by molar-refractivity contribution is -0.0134. The fourth-order valence-corrected chi connectivity index (χ4v) is 3.13. The van der Waals surface area contributed by atoms with Crippen molar-refractivity contribution in [1.29, 1.82) is 0 Å². The van der Waals surface area contributed by atoms with Gasteiger partial charge in [0.1, 0.15) is 5.82 Å². The summed E-state index contributed by atoms with van der Waals surface area (Å²) in [6, 6.07) is 3.39. The first-order valence-corrected chi connectivity index (χ1v) is 7.08. The van der Waals surface area contributed by atoms with Gasteiger partial charge in [-0.15, -0.1) is 0 Å². The average molecular weight is 320 g/mol. The van der Waals surface area contributed by atoms with Gasteiger partial charge >= 0.3 is 0 Å². The summed E-state index contributed by atoms with van der Waals surface area (Å²) in [5.41, 5.74) is -0.607. The third kappa shape index (κ3) is 1.83. The molecule has 3 rings (SSSR count). The zero-order chi connectivity index (χ0) is 12.2. The van der Waals surface area contributed by atoms with Crippen LogP contribution in [0.4, 0.5) is 4.39 Å². The molecular formula is C13H13BrClFO. The summed E-state index contributed by atoms with van der Waals surface area (Å²) < 4.78 is 14.7. The van der Waals surface area contributed by atoms with Crippen LogP contribution in [0.5, 0.6) is 0 Å². The number of rotatable bonds is 3. The first-order valence-electron chi connectivity index (χ1n) is 5.91. The van der Waals surface area contributed by atoms with E-state index in [-0.39, 0.29) is 16.9 Å². The van der Waals surface area contributed by atoms with E-state index in [9.17, 15) is 9.50 Å². The molecule has 4 heteroatoms. The number of aliphatic hydroxyl groups is 1. The minimum absolute atomic E-state index is 0.0715. The van der Waals surface area contributed by atoms with E-state index in [1.165, 1.54) is 0 Å². The van der Waals surface area contributed by atoms with Gasteiger partial charge in [-0.2, -0.15) is 0 Å².